The van der Waals surface area contributed by atoms with E-state index in [1.165, 1.54) is 0 Å². The van der Waals surface area contributed by atoms with Gasteiger partial charge >= 0.3 is 0 Å². The Morgan fingerprint density at radius 3 is 2.82 bits per heavy atom. The molecular weight excluding hydrogens is 220 g/mol. The Bertz CT molecular complexity index is 349. The molecule has 0 fully saturated rings. The van der Waals surface area contributed by atoms with Crippen LogP contribution in [0.3, 0.4) is 0 Å². The van der Waals surface area contributed by atoms with Gasteiger partial charge in [0.05, 0.1) is 25.0 Å². The Morgan fingerprint density at radius 2 is 2.29 bits per heavy atom. The molecule has 0 saturated carbocycles. The first kappa shape index (κ1) is 13.5. The lowest BCUT2D eigenvalue weighted by Crippen LogP contribution is -2.15. The molecule has 0 unspecified atom stereocenters. The maximum absolute atomic E-state index is 8.55. The van der Waals surface area contributed by atoms with Gasteiger partial charge in [0, 0.05) is 17.8 Å². The lowest BCUT2D eigenvalue weighted by Gasteiger charge is -2.11. The van der Waals surface area contributed by atoms with Gasteiger partial charge in [0.25, 0.3) is 0 Å². The molecule has 1 heterocycles. The second-order valence-corrected chi connectivity index (χ2v) is 3.70. The number of nitrogens with zero attached hydrogens (tertiary/aromatic N) is 1. The zero-order chi connectivity index (χ0) is 12.7. The summed E-state index contributed by atoms with van der Waals surface area (Å²) in [6.45, 7) is 7.84. The van der Waals surface area contributed by atoms with Crippen LogP contribution < -0.4 is 10.2 Å². The molecule has 0 aliphatic carbocycles. The van der Waals surface area contributed by atoms with Crippen LogP contribution >= 0.6 is 0 Å². The minimum Gasteiger partial charge on any atom is -0.475 e. The summed E-state index contributed by atoms with van der Waals surface area (Å²) in [6.07, 6.45) is 1.75. The summed E-state index contributed by atoms with van der Waals surface area (Å²) in [5.74, 6) is 0.577. The SMILES string of the molecule is C=C(NOCCO)c1ccc(OC(C)C)nc1. The van der Waals surface area contributed by atoms with E-state index in [1.54, 1.807) is 12.3 Å². The average Bonchev–Trinajstić information content (AvgIpc) is 2.29. The largest absolute Gasteiger partial charge is 0.475 e. The number of rotatable bonds is 7. The van der Waals surface area contributed by atoms with E-state index in [-0.39, 0.29) is 19.3 Å². The first-order valence-corrected chi connectivity index (χ1v) is 5.44. The average molecular weight is 238 g/mol. The highest BCUT2D eigenvalue weighted by molar-refractivity contribution is 5.59. The van der Waals surface area contributed by atoms with Crippen LogP contribution in [0.5, 0.6) is 5.88 Å². The number of aliphatic hydroxyl groups excluding tert-OH is 1. The molecule has 5 heteroatoms. The molecule has 1 aromatic heterocycles. The van der Waals surface area contributed by atoms with E-state index < -0.39 is 0 Å². The highest BCUT2D eigenvalue weighted by atomic mass is 16.6. The van der Waals surface area contributed by atoms with Gasteiger partial charge in [-0.25, -0.2) is 4.98 Å². The highest BCUT2D eigenvalue weighted by Gasteiger charge is 2.02. The molecule has 5 nitrogen and oxygen atoms in total. The van der Waals surface area contributed by atoms with Crippen LogP contribution in [0.2, 0.25) is 0 Å². The Morgan fingerprint density at radius 1 is 1.53 bits per heavy atom. The maximum Gasteiger partial charge on any atom is 0.213 e. The molecular formula is C12H18N2O3. The minimum absolute atomic E-state index is 0.0420. The fourth-order valence-electron chi connectivity index (χ4n) is 1.11. The summed E-state index contributed by atoms with van der Waals surface area (Å²) in [7, 11) is 0. The smallest absolute Gasteiger partial charge is 0.213 e. The normalized spacial score (nSPS) is 10.4. The number of hydrogen-bond acceptors (Lipinski definition) is 5. The molecule has 0 bridgehead atoms. The van der Waals surface area contributed by atoms with Gasteiger partial charge < -0.3 is 9.84 Å². The van der Waals surface area contributed by atoms with E-state index in [2.05, 4.69) is 17.0 Å². The molecule has 0 aliphatic heterocycles. The van der Waals surface area contributed by atoms with Crippen molar-refractivity contribution in [3.05, 3.63) is 30.5 Å². The Balaban J connectivity index is 2.52. The number of ether oxygens (including phenoxy) is 1. The fraction of sp³-hybridized carbons (Fsp3) is 0.417. The van der Waals surface area contributed by atoms with Crippen LogP contribution in [-0.2, 0) is 4.84 Å². The zero-order valence-electron chi connectivity index (χ0n) is 10.1. The summed E-state index contributed by atoms with van der Waals surface area (Å²) in [4.78, 5) is 9.08. The molecule has 0 atom stereocenters. The van der Waals surface area contributed by atoms with Gasteiger partial charge in [-0.2, -0.15) is 0 Å². The predicted molar refractivity (Wildman–Crippen MR) is 65.2 cm³/mol. The Labute approximate surface area is 101 Å². The third-order valence-electron chi connectivity index (χ3n) is 1.83. The third-order valence-corrected chi connectivity index (χ3v) is 1.83. The fourth-order valence-corrected chi connectivity index (χ4v) is 1.11. The summed E-state index contributed by atoms with van der Waals surface area (Å²) in [5, 5.41) is 8.55. The second-order valence-electron chi connectivity index (χ2n) is 3.70. The number of aromatic nitrogens is 1. The van der Waals surface area contributed by atoms with Crippen LogP contribution in [0, 0.1) is 0 Å². The molecule has 94 valence electrons. The van der Waals surface area contributed by atoms with Gasteiger partial charge in [-0.1, -0.05) is 6.58 Å². The van der Waals surface area contributed by atoms with Crippen LogP contribution in [0.4, 0.5) is 0 Å². The maximum atomic E-state index is 8.55. The van der Waals surface area contributed by atoms with Gasteiger partial charge in [-0.3, -0.25) is 10.3 Å². The van der Waals surface area contributed by atoms with Crippen molar-refractivity contribution in [3.8, 4) is 5.88 Å². The van der Waals surface area contributed by atoms with Crippen LogP contribution in [0.1, 0.15) is 19.4 Å². The first-order valence-electron chi connectivity index (χ1n) is 5.44. The van der Waals surface area contributed by atoms with Gasteiger partial charge in [0.15, 0.2) is 0 Å². The monoisotopic (exact) mass is 238 g/mol. The topological polar surface area (TPSA) is 63.6 Å². The summed E-state index contributed by atoms with van der Waals surface area (Å²) in [5.41, 5.74) is 4.01. The van der Waals surface area contributed by atoms with Gasteiger partial charge in [0.1, 0.15) is 0 Å². The molecule has 2 N–H and O–H groups in total. The molecule has 17 heavy (non-hydrogen) atoms. The van der Waals surface area contributed by atoms with Gasteiger partial charge in [-0.05, 0) is 19.9 Å². The van der Waals surface area contributed by atoms with Crippen molar-refractivity contribution >= 4 is 5.70 Å². The van der Waals surface area contributed by atoms with Gasteiger partial charge in [-0.15, -0.1) is 0 Å². The van der Waals surface area contributed by atoms with Crippen molar-refractivity contribution in [2.75, 3.05) is 13.2 Å². The molecule has 0 saturated heterocycles. The van der Waals surface area contributed by atoms with Crippen LogP contribution in [0.15, 0.2) is 24.9 Å². The minimum atomic E-state index is -0.0420. The molecule has 0 aliphatic rings. The molecule has 1 rings (SSSR count). The lowest BCUT2D eigenvalue weighted by atomic mass is 10.2. The number of pyridine rings is 1. The van der Waals surface area contributed by atoms with Crippen molar-refractivity contribution in [3.63, 3.8) is 0 Å². The molecule has 0 spiro atoms. The zero-order valence-corrected chi connectivity index (χ0v) is 10.1. The highest BCUT2D eigenvalue weighted by Crippen LogP contribution is 2.13. The molecule has 1 aromatic rings. The van der Waals surface area contributed by atoms with E-state index in [0.29, 0.717) is 11.6 Å². The summed E-state index contributed by atoms with van der Waals surface area (Å²) < 4.78 is 5.42. The summed E-state index contributed by atoms with van der Waals surface area (Å²) >= 11 is 0. The van der Waals surface area contributed by atoms with Crippen molar-refractivity contribution in [2.24, 2.45) is 0 Å². The molecule has 0 aromatic carbocycles. The lowest BCUT2D eigenvalue weighted by molar-refractivity contribution is 0.0481. The van der Waals surface area contributed by atoms with Crippen molar-refractivity contribution < 1.29 is 14.7 Å². The van der Waals surface area contributed by atoms with Crippen molar-refractivity contribution in [1.29, 1.82) is 0 Å². The number of hydroxylamine groups is 1. The van der Waals surface area contributed by atoms with Crippen molar-refractivity contribution in [1.82, 2.24) is 10.5 Å². The Hall–Kier alpha value is -1.59. The van der Waals surface area contributed by atoms with Crippen LogP contribution in [0.25, 0.3) is 5.70 Å². The van der Waals surface area contributed by atoms with E-state index in [9.17, 15) is 0 Å². The van der Waals surface area contributed by atoms with Crippen LogP contribution in [-0.4, -0.2) is 29.4 Å². The van der Waals surface area contributed by atoms with Crippen molar-refractivity contribution in [2.45, 2.75) is 20.0 Å². The van der Waals surface area contributed by atoms with Gasteiger partial charge in [0.2, 0.25) is 5.88 Å². The number of nitrogens with one attached hydrogen (secondary N) is 1. The molecule has 0 radical (unpaired) electrons. The van der Waals surface area contributed by atoms with E-state index in [4.69, 9.17) is 14.7 Å². The third kappa shape index (κ3) is 4.84. The molecule has 0 amide bonds. The quantitative estimate of drug-likeness (QED) is 0.554. The van der Waals surface area contributed by atoms with E-state index in [1.807, 2.05) is 19.9 Å². The predicted octanol–water partition coefficient (Wildman–Crippen LogP) is 1.35. The first-order chi connectivity index (χ1) is 8.13. The van der Waals surface area contributed by atoms with E-state index in [0.717, 1.165) is 5.56 Å². The Kier molecular flexibility index (Phi) is 5.45. The second kappa shape index (κ2) is 6.88. The van der Waals surface area contributed by atoms with E-state index >= 15 is 0 Å². The standard InChI is InChI=1S/C12H18N2O3/c1-9(2)17-12-5-4-11(8-13-12)10(3)14-16-7-6-15/h4-5,8-9,14-15H,3,6-7H2,1-2H3. The number of hydrogen-bond donors (Lipinski definition) is 2. The number of aliphatic hydroxyl groups is 1. The summed E-state index contributed by atoms with van der Waals surface area (Å²) in [6, 6.07) is 3.61.